The molecule has 4 nitrogen and oxygen atoms in total. The Morgan fingerprint density at radius 3 is 1.30 bits per heavy atom. The van der Waals surface area contributed by atoms with Crippen molar-refractivity contribution in [1.29, 1.82) is 21.0 Å². The molecule has 0 amide bonds. The van der Waals surface area contributed by atoms with Gasteiger partial charge in [0.05, 0.1) is 34.4 Å². The van der Waals surface area contributed by atoms with Gasteiger partial charge in [0.1, 0.15) is 12.1 Å². The first-order valence-corrected chi connectivity index (χ1v) is 16.0. The van der Waals surface area contributed by atoms with Crippen molar-refractivity contribution in [3.8, 4) is 57.7 Å². The molecule has 0 radical (unpaired) electrons. The van der Waals surface area contributed by atoms with Crippen LogP contribution in [0.1, 0.15) is 22.3 Å². The van der Waals surface area contributed by atoms with Crippen LogP contribution in [0.5, 0.6) is 0 Å². The van der Waals surface area contributed by atoms with Crippen LogP contribution in [0.4, 0.5) is 0 Å². The summed E-state index contributed by atoms with van der Waals surface area (Å²) in [5.41, 5.74) is 5.15. The summed E-state index contributed by atoms with van der Waals surface area (Å²) < 4.78 is 4.66. The molecule has 6 heteroatoms. The Balaban J connectivity index is 1.48. The summed E-state index contributed by atoms with van der Waals surface area (Å²) >= 11 is 3.45. The van der Waals surface area contributed by atoms with Gasteiger partial charge in [-0.1, -0.05) is 48.5 Å². The molecule has 0 saturated heterocycles. The van der Waals surface area contributed by atoms with E-state index in [9.17, 15) is 21.0 Å². The second kappa shape index (κ2) is 10.7. The summed E-state index contributed by atoms with van der Waals surface area (Å²) in [4.78, 5) is 0. The van der Waals surface area contributed by atoms with E-state index in [2.05, 4.69) is 72.8 Å². The number of nitriles is 4. The molecule has 2 aromatic heterocycles. The van der Waals surface area contributed by atoms with Crippen LogP contribution in [-0.4, -0.2) is 0 Å². The van der Waals surface area contributed by atoms with Gasteiger partial charge in [-0.2, -0.15) is 21.0 Å². The van der Waals surface area contributed by atoms with Gasteiger partial charge in [-0.05, 0) is 77.4 Å². The van der Waals surface area contributed by atoms with Gasteiger partial charge in [0.2, 0.25) is 0 Å². The maximum atomic E-state index is 10.7. The van der Waals surface area contributed by atoms with Crippen molar-refractivity contribution >= 4 is 63.0 Å². The molecule has 0 aliphatic rings. The van der Waals surface area contributed by atoms with Crippen LogP contribution in [0, 0.1) is 45.3 Å². The van der Waals surface area contributed by atoms with Gasteiger partial charge in [-0.25, -0.2) is 0 Å². The number of hydrogen-bond donors (Lipinski definition) is 0. The summed E-state index contributed by atoms with van der Waals surface area (Å²) in [7, 11) is 0. The van der Waals surface area contributed by atoms with E-state index in [0.717, 1.165) is 42.1 Å². The van der Waals surface area contributed by atoms with Crippen LogP contribution in [0.3, 0.4) is 0 Å². The van der Waals surface area contributed by atoms with Gasteiger partial charge < -0.3 is 0 Å². The van der Waals surface area contributed by atoms with Crippen molar-refractivity contribution < 1.29 is 0 Å². The van der Waals surface area contributed by atoms with E-state index in [1.807, 2.05) is 42.5 Å². The minimum Gasteiger partial charge on any atom is -0.192 e. The molecule has 6 aromatic carbocycles. The highest BCUT2D eigenvalue weighted by Crippen LogP contribution is 2.44. The predicted octanol–water partition coefficient (Wildman–Crippen LogP) is 10.9. The summed E-state index contributed by atoms with van der Waals surface area (Å²) in [5.74, 6) is 0. The minimum atomic E-state index is 0.283. The Morgan fingerprint density at radius 2 is 0.848 bits per heavy atom. The van der Waals surface area contributed by atoms with Crippen molar-refractivity contribution in [3.63, 3.8) is 0 Å². The van der Waals surface area contributed by atoms with E-state index in [1.165, 1.54) is 15.5 Å². The van der Waals surface area contributed by atoms with E-state index >= 15 is 0 Å². The van der Waals surface area contributed by atoms with Crippen molar-refractivity contribution in [2.45, 2.75) is 0 Å². The van der Waals surface area contributed by atoms with Crippen LogP contribution < -0.4 is 0 Å². The maximum Gasteiger partial charge on any atom is 0.100 e. The Bertz CT molecular complexity index is 2570. The number of nitrogens with zero attached hydrogens (tertiary/aromatic N) is 4. The van der Waals surface area contributed by atoms with Gasteiger partial charge >= 0.3 is 0 Å². The fraction of sp³-hybridized carbons (Fsp3) is 0. The first-order chi connectivity index (χ1) is 22.6. The lowest BCUT2D eigenvalue weighted by Crippen LogP contribution is -1.99. The lowest BCUT2D eigenvalue weighted by molar-refractivity contribution is 1.41. The van der Waals surface area contributed by atoms with Gasteiger partial charge in [0.15, 0.2) is 0 Å². The first-order valence-electron chi connectivity index (χ1n) is 14.4. The molecule has 8 aromatic rings. The number of rotatable bonds is 3. The molecule has 210 valence electrons. The highest BCUT2D eigenvalue weighted by Gasteiger charge is 2.23. The molecule has 0 saturated carbocycles. The lowest BCUT2D eigenvalue weighted by atomic mass is 9.83. The second-order valence-electron chi connectivity index (χ2n) is 11.0. The largest absolute Gasteiger partial charge is 0.192 e. The third kappa shape index (κ3) is 4.22. The summed E-state index contributed by atoms with van der Waals surface area (Å²) in [6, 6.07) is 44.8. The quantitative estimate of drug-likeness (QED) is 0.197. The molecule has 0 fully saturated rings. The smallest absolute Gasteiger partial charge is 0.100 e. The monoisotopic (exact) mass is 618 g/mol. The highest BCUT2D eigenvalue weighted by atomic mass is 32.1. The molecular weight excluding hydrogens is 601 g/mol. The van der Waals surface area contributed by atoms with E-state index in [4.69, 9.17) is 0 Å². The Morgan fingerprint density at radius 1 is 0.391 bits per heavy atom. The van der Waals surface area contributed by atoms with Crippen molar-refractivity contribution in [2.24, 2.45) is 0 Å². The van der Waals surface area contributed by atoms with Gasteiger partial charge in [0, 0.05) is 57.0 Å². The molecule has 0 N–H and O–H groups in total. The molecule has 8 rings (SSSR count). The molecule has 0 bridgehead atoms. The van der Waals surface area contributed by atoms with E-state index in [-0.39, 0.29) is 11.1 Å². The van der Waals surface area contributed by atoms with Gasteiger partial charge in [0.25, 0.3) is 0 Å². The summed E-state index contributed by atoms with van der Waals surface area (Å²) in [6.07, 6.45) is 0. The van der Waals surface area contributed by atoms with Crippen LogP contribution >= 0.6 is 22.7 Å². The zero-order valence-electron chi connectivity index (χ0n) is 24.0. The van der Waals surface area contributed by atoms with Gasteiger partial charge in [-0.15, -0.1) is 22.7 Å². The Hall–Kier alpha value is -6.28. The molecule has 46 heavy (non-hydrogen) atoms. The Kier molecular flexibility index (Phi) is 6.35. The van der Waals surface area contributed by atoms with Crippen molar-refractivity contribution in [3.05, 3.63) is 131 Å². The van der Waals surface area contributed by atoms with E-state index < -0.39 is 0 Å². The molecule has 0 aliphatic heterocycles. The highest BCUT2D eigenvalue weighted by molar-refractivity contribution is 7.26. The summed E-state index contributed by atoms with van der Waals surface area (Å²) in [5, 5.41) is 45.6. The lowest BCUT2D eigenvalue weighted by Gasteiger charge is -2.18. The SMILES string of the molecule is N#Cc1cc(C#N)cc(-c2c(C#N)c(-c3ccc4sc5ccccc5c4c3)cc(-c3ccc4sc5ccccc5c4c3)c2C#N)c1. The molecular formula is C40H18N4S2. The Labute approximate surface area is 272 Å². The van der Waals surface area contributed by atoms with Crippen LogP contribution in [-0.2, 0) is 0 Å². The zero-order chi connectivity index (χ0) is 31.4. The average Bonchev–Trinajstić information content (AvgIpc) is 3.67. The van der Waals surface area contributed by atoms with Crippen molar-refractivity contribution in [2.75, 3.05) is 0 Å². The fourth-order valence-corrected chi connectivity index (χ4v) is 8.52. The topological polar surface area (TPSA) is 95.2 Å². The third-order valence-corrected chi connectivity index (χ3v) is 10.7. The van der Waals surface area contributed by atoms with Crippen LogP contribution in [0.2, 0.25) is 0 Å². The predicted molar refractivity (Wildman–Crippen MR) is 187 cm³/mol. The fourth-order valence-electron chi connectivity index (χ4n) is 6.35. The first kappa shape index (κ1) is 27.3. The number of fused-ring (bicyclic) bond motifs is 6. The number of hydrogen-bond acceptors (Lipinski definition) is 6. The van der Waals surface area contributed by atoms with E-state index in [0.29, 0.717) is 33.4 Å². The second-order valence-corrected chi connectivity index (χ2v) is 13.1. The molecule has 2 heterocycles. The maximum absolute atomic E-state index is 10.7. The number of benzene rings is 6. The zero-order valence-corrected chi connectivity index (χ0v) is 25.6. The minimum absolute atomic E-state index is 0.283. The van der Waals surface area contributed by atoms with Crippen LogP contribution in [0.25, 0.3) is 73.7 Å². The molecule has 0 unspecified atom stereocenters. The molecule has 0 spiro atoms. The standard InChI is InChI=1S/C40H18N4S2/c41-19-23-13-24(20-42)15-27(14-23)40-34(21-43)30(25-9-11-38-32(16-25)28-5-1-3-7-36(28)45-38)18-31(35(40)22-44)26-10-12-39-33(17-26)29-6-2-4-8-37(29)46-39/h1-18H. The van der Waals surface area contributed by atoms with Crippen LogP contribution in [0.15, 0.2) is 109 Å². The average molecular weight is 619 g/mol. The normalized spacial score (nSPS) is 11.0. The van der Waals surface area contributed by atoms with E-state index in [1.54, 1.807) is 34.8 Å². The van der Waals surface area contributed by atoms with Crippen molar-refractivity contribution in [1.82, 2.24) is 0 Å². The number of thiophene rings is 2. The molecule has 0 atom stereocenters. The summed E-state index contributed by atoms with van der Waals surface area (Å²) in [6.45, 7) is 0. The third-order valence-electron chi connectivity index (χ3n) is 8.41. The van der Waals surface area contributed by atoms with Gasteiger partial charge in [-0.3, -0.25) is 0 Å². The molecule has 0 aliphatic carbocycles.